The Balaban J connectivity index is 0.00000261. The lowest BCUT2D eigenvalue weighted by molar-refractivity contribution is 0.0621. The Morgan fingerprint density at radius 2 is 1.89 bits per heavy atom. The molecule has 0 saturated carbocycles. The molecule has 0 fully saturated rings. The van der Waals surface area contributed by atoms with Crippen LogP contribution in [-0.2, 0) is 18.4 Å². The fourth-order valence-electron chi connectivity index (χ4n) is 2.61. The number of imidazole rings is 1. The minimum absolute atomic E-state index is 0. The summed E-state index contributed by atoms with van der Waals surface area (Å²) >= 11 is 2.16. The highest BCUT2D eigenvalue weighted by atomic mass is 127. The highest BCUT2D eigenvalue weighted by Crippen LogP contribution is 2.29. The summed E-state index contributed by atoms with van der Waals surface area (Å²) in [7, 11) is 1.93. The van der Waals surface area contributed by atoms with Gasteiger partial charge in [0.1, 0.15) is 12.2 Å². The van der Waals surface area contributed by atoms with Crippen LogP contribution in [0.1, 0.15) is 34.1 Å². The molecule has 0 aliphatic rings. The molecule has 0 radical (unpaired) electrons. The van der Waals surface area contributed by atoms with E-state index in [1.54, 1.807) is 24.7 Å². The number of benzene rings is 2. The third-order valence-corrected chi connectivity index (χ3v) is 4.93. The van der Waals surface area contributed by atoms with Gasteiger partial charge in [0, 0.05) is 10.6 Å². The molecule has 0 aliphatic carbocycles. The van der Waals surface area contributed by atoms with E-state index in [0.29, 0.717) is 17.7 Å². The first-order valence-electron chi connectivity index (χ1n) is 7.88. The van der Waals surface area contributed by atoms with Crippen molar-refractivity contribution in [3.05, 3.63) is 86.5 Å². The maximum atomic E-state index is 9.15. The van der Waals surface area contributed by atoms with E-state index < -0.39 is 0 Å². The van der Waals surface area contributed by atoms with Gasteiger partial charge >= 0.3 is 0 Å². The maximum absolute atomic E-state index is 9.15. The first kappa shape index (κ1) is 20.9. The Bertz CT molecular complexity index is 1000. The minimum atomic E-state index is -0.306. The van der Waals surface area contributed by atoms with E-state index >= 15 is 0 Å². The molecule has 1 aromatic heterocycles. The first-order valence-corrected chi connectivity index (χ1v) is 8.96. The van der Waals surface area contributed by atoms with E-state index in [-0.39, 0.29) is 18.5 Å². The quantitative estimate of drug-likeness (QED) is 0.494. The summed E-state index contributed by atoms with van der Waals surface area (Å²) in [6, 6.07) is 17.3. The summed E-state index contributed by atoms with van der Waals surface area (Å²) in [5.41, 5.74) is 4.15. The maximum Gasteiger partial charge on any atom is 0.125 e. The van der Waals surface area contributed by atoms with Crippen molar-refractivity contribution in [1.82, 2.24) is 9.55 Å². The lowest BCUT2D eigenvalue weighted by Gasteiger charge is -2.19. The number of nitrogens with zero attached hydrogens (tertiary/aromatic N) is 4. The molecule has 0 bridgehead atoms. The van der Waals surface area contributed by atoms with Gasteiger partial charge in [0.15, 0.2) is 0 Å². The minimum Gasteiger partial charge on any atom is -0.363 e. The Hall–Kier alpha value is -2.39. The Kier molecular flexibility index (Phi) is 7.37. The third-order valence-electron chi connectivity index (χ3n) is 4.04. The van der Waals surface area contributed by atoms with E-state index in [0.717, 1.165) is 20.4 Å². The second kappa shape index (κ2) is 9.52. The molecule has 0 spiro atoms. The molecule has 3 rings (SSSR count). The molecule has 7 heteroatoms. The number of aromatic nitrogens is 2. The van der Waals surface area contributed by atoms with Crippen LogP contribution in [0.4, 0.5) is 0 Å². The van der Waals surface area contributed by atoms with Crippen molar-refractivity contribution in [3.8, 4) is 12.1 Å². The molecule has 5 nitrogen and oxygen atoms in total. The molecule has 1 atom stereocenters. The molecule has 0 aliphatic heterocycles. The number of aryl methyl sites for hydroxylation is 1. The van der Waals surface area contributed by atoms with Crippen molar-refractivity contribution >= 4 is 35.0 Å². The molecule has 1 heterocycles. The average molecular weight is 491 g/mol. The van der Waals surface area contributed by atoms with Crippen LogP contribution in [0.5, 0.6) is 0 Å². The predicted molar refractivity (Wildman–Crippen MR) is 112 cm³/mol. The molecule has 136 valence electrons. The first-order chi connectivity index (χ1) is 12.6. The van der Waals surface area contributed by atoms with Crippen molar-refractivity contribution in [2.75, 3.05) is 0 Å². The van der Waals surface area contributed by atoms with E-state index in [1.165, 1.54) is 0 Å². The summed E-state index contributed by atoms with van der Waals surface area (Å²) in [4.78, 5) is 4.19. The van der Waals surface area contributed by atoms with Crippen LogP contribution in [0.15, 0.2) is 55.0 Å². The molecule has 27 heavy (non-hydrogen) atoms. The van der Waals surface area contributed by atoms with Crippen LogP contribution < -0.4 is 0 Å². The number of hydrogen-bond acceptors (Lipinski definition) is 4. The van der Waals surface area contributed by atoms with Crippen LogP contribution in [0.25, 0.3) is 0 Å². The normalized spacial score (nSPS) is 11.1. The van der Waals surface area contributed by atoms with Crippen LogP contribution in [0.2, 0.25) is 0 Å². The smallest absolute Gasteiger partial charge is 0.125 e. The van der Waals surface area contributed by atoms with E-state index in [1.807, 2.05) is 41.9 Å². The fourth-order valence-corrected chi connectivity index (χ4v) is 3.27. The fraction of sp³-hybridized carbons (Fsp3) is 0.150. The van der Waals surface area contributed by atoms with Crippen molar-refractivity contribution in [1.29, 1.82) is 10.5 Å². The molecular formula is C20H16ClIN4O. The molecule has 2 aromatic carbocycles. The molecular weight excluding hydrogens is 475 g/mol. The van der Waals surface area contributed by atoms with Gasteiger partial charge in [0.2, 0.25) is 0 Å². The number of ether oxygens (including phenoxy) is 1. The lowest BCUT2D eigenvalue weighted by Crippen LogP contribution is -2.11. The van der Waals surface area contributed by atoms with Gasteiger partial charge in [-0.1, -0.05) is 18.2 Å². The number of rotatable bonds is 5. The van der Waals surface area contributed by atoms with Gasteiger partial charge < -0.3 is 9.30 Å². The second-order valence-electron chi connectivity index (χ2n) is 5.78. The Morgan fingerprint density at radius 3 is 2.44 bits per heavy atom. The van der Waals surface area contributed by atoms with Gasteiger partial charge in [-0.15, -0.1) is 12.4 Å². The van der Waals surface area contributed by atoms with E-state index in [2.05, 4.69) is 39.7 Å². The summed E-state index contributed by atoms with van der Waals surface area (Å²) < 4.78 is 9.02. The highest BCUT2D eigenvalue weighted by Gasteiger charge is 2.19. The molecule has 0 amide bonds. The van der Waals surface area contributed by atoms with Crippen LogP contribution in [-0.4, -0.2) is 9.55 Å². The molecule has 0 saturated heterocycles. The van der Waals surface area contributed by atoms with Gasteiger partial charge in [0.25, 0.3) is 0 Å². The Morgan fingerprint density at radius 1 is 1.15 bits per heavy atom. The van der Waals surface area contributed by atoms with E-state index in [4.69, 9.17) is 15.3 Å². The molecule has 3 aromatic rings. The number of nitriles is 2. The number of halogens is 2. The van der Waals surface area contributed by atoms with Crippen molar-refractivity contribution in [2.24, 2.45) is 7.05 Å². The van der Waals surface area contributed by atoms with Gasteiger partial charge in [-0.2, -0.15) is 10.5 Å². The zero-order chi connectivity index (χ0) is 18.5. The van der Waals surface area contributed by atoms with Gasteiger partial charge in [-0.25, -0.2) is 4.98 Å². The molecule has 1 unspecified atom stereocenters. The zero-order valence-electron chi connectivity index (χ0n) is 14.5. The van der Waals surface area contributed by atoms with Gasteiger partial charge in [0.05, 0.1) is 42.0 Å². The SMILES string of the molecule is Cl.Cn1cncc1C(OCc1ccc(C#N)cc1)c1ccc(C#N)c(I)c1. The summed E-state index contributed by atoms with van der Waals surface area (Å²) in [5, 5.41) is 18.1. The summed E-state index contributed by atoms with van der Waals surface area (Å²) in [6.45, 7) is 0.401. The van der Waals surface area contributed by atoms with Gasteiger partial charge in [-0.3, -0.25) is 0 Å². The van der Waals surface area contributed by atoms with Crippen molar-refractivity contribution < 1.29 is 4.74 Å². The monoisotopic (exact) mass is 490 g/mol. The lowest BCUT2D eigenvalue weighted by atomic mass is 10.0. The average Bonchev–Trinajstić information content (AvgIpc) is 3.08. The second-order valence-corrected chi connectivity index (χ2v) is 6.94. The van der Waals surface area contributed by atoms with Crippen molar-refractivity contribution in [2.45, 2.75) is 12.7 Å². The Labute approximate surface area is 177 Å². The van der Waals surface area contributed by atoms with Gasteiger partial charge in [-0.05, 0) is 58.0 Å². The van der Waals surface area contributed by atoms with E-state index in [9.17, 15) is 0 Å². The van der Waals surface area contributed by atoms with Crippen LogP contribution >= 0.6 is 35.0 Å². The molecule has 0 N–H and O–H groups in total. The van der Waals surface area contributed by atoms with Crippen LogP contribution in [0.3, 0.4) is 0 Å². The third kappa shape index (κ3) is 4.86. The predicted octanol–water partition coefficient (Wildman–Crippen LogP) is 4.50. The topological polar surface area (TPSA) is 74.6 Å². The highest BCUT2D eigenvalue weighted by molar-refractivity contribution is 14.1. The summed E-state index contributed by atoms with van der Waals surface area (Å²) in [6.07, 6.45) is 3.22. The zero-order valence-corrected chi connectivity index (χ0v) is 17.4. The van der Waals surface area contributed by atoms with Crippen LogP contribution in [0, 0.1) is 26.2 Å². The summed E-state index contributed by atoms with van der Waals surface area (Å²) in [5.74, 6) is 0. The van der Waals surface area contributed by atoms with Crippen molar-refractivity contribution in [3.63, 3.8) is 0 Å². The number of hydrogen-bond donors (Lipinski definition) is 0. The largest absolute Gasteiger partial charge is 0.363 e. The standard InChI is InChI=1S/C20H15IN4O.ClH/c1-25-13-24-11-19(25)20(16-6-7-17(10-23)18(21)8-16)26-12-15-4-2-14(9-22)3-5-15;/h2-8,11,13,20H,12H2,1H3;1H.